The van der Waals surface area contributed by atoms with E-state index in [0.29, 0.717) is 0 Å². The van der Waals surface area contributed by atoms with Gasteiger partial charge in [-0.2, -0.15) is 0 Å². The van der Waals surface area contributed by atoms with Crippen molar-refractivity contribution in [2.24, 2.45) is 0 Å². The van der Waals surface area contributed by atoms with Gasteiger partial charge < -0.3 is 9.80 Å². The predicted octanol–water partition coefficient (Wildman–Crippen LogP) is 2.54. The molecule has 0 spiro atoms. The van der Waals surface area contributed by atoms with Crippen molar-refractivity contribution in [2.75, 3.05) is 18.5 Å². The maximum absolute atomic E-state index is 12.9. The summed E-state index contributed by atoms with van der Waals surface area (Å²) in [7, 11) is 1.68. The molecule has 2 aromatic rings. The van der Waals surface area contributed by atoms with Gasteiger partial charge >= 0.3 is 0 Å². The second kappa shape index (κ2) is 5.64. The standard InChI is InChI=1S/C18H18N2O2/c1-13-8-10-15(11-9-13)20-12-16(21)19(2)17(18(20)22)14-6-4-3-5-7-14/h3-11,17H,12H2,1-2H3/t17-/m0/s1. The maximum atomic E-state index is 12.9. The van der Waals surface area contributed by atoms with Gasteiger partial charge in [-0.1, -0.05) is 48.0 Å². The lowest BCUT2D eigenvalue weighted by molar-refractivity contribution is -0.141. The van der Waals surface area contributed by atoms with Crippen molar-refractivity contribution in [2.45, 2.75) is 13.0 Å². The van der Waals surface area contributed by atoms with E-state index in [-0.39, 0.29) is 18.4 Å². The minimum absolute atomic E-state index is 0.0611. The SMILES string of the molecule is Cc1ccc(N2CC(=O)N(C)[C@@H](c3ccccc3)C2=O)cc1. The average molecular weight is 294 g/mol. The number of carbonyl (C=O) groups excluding carboxylic acids is 2. The molecule has 2 amide bonds. The fourth-order valence-corrected chi connectivity index (χ4v) is 2.73. The quantitative estimate of drug-likeness (QED) is 0.854. The van der Waals surface area contributed by atoms with E-state index in [9.17, 15) is 9.59 Å². The van der Waals surface area contributed by atoms with E-state index in [0.717, 1.165) is 16.8 Å². The Morgan fingerprint density at radius 3 is 2.23 bits per heavy atom. The molecule has 0 N–H and O–H groups in total. The van der Waals surface area contributed by atoms with Crippen molar-refractivity contribution in [1.29, 1.82) is 0 Å². The van der Waals surface area contributed by atoms with Crippen LogP contribution in [0.25, 0.3) is 0 Å². The van der Waals surface area contributed by atoms with E-state index in [1.807, 2.05) is 61.5 Å². The first-order chi connectivity index (χ1) is 10.6. The third kappa shape index (κ3) is 2.48. The van der Waals surface area contributed by atoms with Crippen LogP contribution in [0.15, 0.2) is 54.6 Å². The van der Waals surface area contributed by atoms with Gasteiger partial charge in [0.15, 0.2) is 0 Å². The van der Waals surface area contributed by atoms with Gasteiger partial charge in [-0.15, -0.1) is 0 Å². The van der Waals surface area contributed by atoms with Crippen LogP contribution >= 0.6 is 0 Å². The van der Waals surface area contributed by atoms with Crippen LogP contribution in [0, 0.1) is 6.92 Å². The Labute approximate surface area is 130 Å². The number of carbonyl (C=O) groups is 2. The highest BCUT2D eigenvalue weighted by Crippen LogP contribution is 2.29. The van der Waals surface area contributed by atoms with E-state index in [1.54, 1.807) is 11.9 Å². The Kier molecular flexibility index (Phi) is 3.67. The van der Waals surface area contributed by atoms with Crippen molar-refractivity contribution in [3.05, 3.63) is 65.7 Å². The molecule has 112 valence electrons. The van der Waals surface area contributed by atoms with E-state index in [4.69, 9.17) is 0 Å². The number of hydrogen-bond acceptors (Lipinski definition) is 2. The molecule has 0 aromatic heterocycles. The Morgan fingerprint density at radius 2 is 1.59 bits per heavy atom. The van der Waals surface area contributed by atoms with Crippen LogP contribution < -0.4 is 4.90 Å². The first kappa shape index (κ1) is 14.3. The smallest absolute Gasteiger partial charge is 0.254 e. The summed E-state index contributed by atoms with van der Waals surface area (Å²) in [6.45, 7) is 2.08. The van der Waals surface area contributed by atoms with Crippen LogP contribution in [0.5, 0.6) is 0 Å². The van der Waals surface area contributed by atoms with Gasteiger partial charge in [0.2, 0.25) is 5.91 Å². The third-order valence-electron chi connectivity index (χ3n) is 4.03. The zero-order chi connectivity index (χ0) is 15.7. The third-order valence-corrected chi connectivity index (χ3v) is 4.03. The summed E-state index contributed by atoms with van der Waals surface area (Å²) in [6, 6.07) is 16.5. The number of aryl methyl sites for hydroxylation is 1. The summed E-state index contributed by atoms with van der Waals surface area (Å²) in [5, 5.41) is 0. The molecule has 0 bridgehead atoms. The number of anilines is 1. The number of hydrogen-bond donors (Lipinski definition) is 0. The van der Waals surface area contributed by atoms with Gasteiger partial charge in [-0.05, 0) is 24.6 Å². The molecule has 1 aliphatic rings. The molecule has 0 radical (unpaired) electrons. The molecule has 22 heavy (non-hydrogen) atoms. The van der Waals surface area contributed by atoms with Gasteiger partial charge in [-0.3, -0.25) is 9.59 Å². The summed E-state index contributed by atoms with van der Waals surface area (Å²) in [6.07, 6.45) is 0. The molecule has 1 heterocycles. The van der Waals surface area contributed by atoms with Crippen LogP contribution in [-0.2, 0) is 9.59 Å². The molecule has 1 aliphatic heterocycles. The fourth-order valence-electron chi connectivity index (χ4n) is 2.73. The molecule has 4 nitrogen and oxygen atoms in total. The molecule has 0 unspecified atom stereocenters. The van der Waals surface area contributed by atoms with Gasteiger partial charge in [0, 0.05) is 12.7 Å². The molecule has 4 heteroatoms. The minimum Gasteiger partial charge on any atom is -0.328 e. The van der Waals surface area contributed by atoms with Crippen molar-refractivity contribution in [1.82, 2.24) is 4.90 Å². The summed E-state index contributed by atoms with van der Waals surface area (Å²) in [4.78, 5) is 28.3. The lowest BCUT2D eigenvalue weighted by atomic mass is 10.0. The molecule has 0 aliphatic carbocycles. The Hall–Kier alpha value is -2.62. The van der Waals surface area contributed by atoms with Gasteiger partial charge in [0.1, 0.15) is 12.6 Å². The molecule has 1 fully saturated rings. The van der Waals surface area contributed by atoms with Crippen LogP contribution in [-0.4, -0.2) is 30.3 Å². The lowest BCUT2D eigenvalue weighted by Crippen LogP contribution is -2.54. The van der Waals surface area contributed by atoms with E-state index < -0.39 is 6.04 Å². The second-order valence-electron chi connectivity index (χ2n) is 5.58. The lowest BCUT2D eigenvalue weighted by Gasteiger charge is -2.38. The molecular weight excluding hydrogens is 276 g/mol. The molecule has 1 saturated heterocycles. The first-order valence-corrected chi connectivity index (χ1v) is 7.26. The van der Waals surface area contributed by atoms with Crippen LogP contribution in [0.3, 0.4) is 0 Å². The van der Waals surface area contributed by atoms with E-state index in [1.165, 1.54) is 4.90 Å². The van der Waals surface area contributed by atoms with Gasteiger partial charge in [-0.25, -0.2) is 0 Å². The predicted molar refractivity (Wildman–Crippen MR) is 85.5 cm³/mol. The molecule has 3 rings (SSSR count). The topological polar surface area (TPSA) is 40.6 Å². The zero-order valence-electron chi connectivity index (χ0n) is 12.7. The number of likely N-dealkylation sites (N-methyl/N-ethyl adjacent to an activating group) is 1. The number of piperazine rings is 1. The van der Waals surface area contributed by atoms with Crippen molar-refractivity contribution in [3.8, 4) is 0 Å². The van der Waals surface area contributed by atoms with E-state index in [2.05, 4.69) is 0 Å². The highest BCUT2D eigenvalue weighted by molar-refractivity contribution is 6.06. The van der Waals surface area contributed by atoms with Gasteiger partial charge in [0.05, 0.1) is 0 Å². The van der Waals surface area contributed by atoms with Crippen LogP contribution in [0.2, 0.25) is 0 Å². The maximum Gasteiger partial charge on any atom is 0.254 e. The summed E-state index contributed by atoms with van der Waals surface area (Å²) >= 11 is 0. The van der Waals surface area contributed by atoms with Crippen LogP contribution in [0.1, 0.15) is 17.2 Å². The van der Waals surface area contributed by atoms with Gasteiger partial charge in [0.25, 0.3) is 5.91 Å². The summed E-state index contributed by atoms with van der Waals surface area (Å²) in [5.41, 5.74) is 2.72. The second-order valence-corrected chi connectivity index (χ2v) is 5.58. The first-order valence-electron chi connectivity index (χ1n) is 7.26. The number of rotatable bonds is 2. The largest absolute Gasteiger partial charge is 0.328 e. The van der Waals surface area contributed by atoms with E-state index >= 15 is 0 Å². The van der Waals surface area contributed by atoms with Crippen molar-refractivity contribution < 1.29 is 9.59 Å². The Balaban J connectivity index is 1.99. The monoisotopic (exact) mass is 294 g/mol. The highest BCUT2D eigenvalue weighted by Gasteiger charge is 2.38. The number of benzene rings is 2. The number of amides is 2. The highest BCUT2D eigenvalue weighted by atomic mass is 16.2. The van der Waals surface area contributed by atoms with Crippen molar-refractivity contribution >= 4 is 17.5 Å². The average Bonchev–Trinajstić information content (AvgIpc) is 2.53. The normalized spacial score (nSPS) is 18.7. The minimum atomic E-state index is -0.566. The molecule has 1 atom stereocenters. The number of nitrogens with zero attached hydrogens (tertiary/aromatic N) is 2. The fraction of sp³-hybridized carbons (Fsp3) is 0.222. The Bertz CT molecular complexity index is 695. The summed E-state index contributed by atoms with van der Waals surface area (Å²) < 4.78 is 0. The molecular formula is C18H18N2O2. The molecule has 0 saturated carbocycles. The Morgan fingerprint density at radius 1 is 0.955 bits per heavy atom. The summed E-state index contributed by atoms with van der Waals surface area (Å²) in [5.74, 6) is -0.133. The van der Waals surface area contributed by atoms with Crippen molar-refractivity contribution in [3.63, 3.8) is 0 Å². The zero-order valence-corrected chi connectivity index (χ0v) is 12.7. The van der Waals surface area contributed by atoms with Crippen LogP contribution in [0.4, 0.5) is 5.69 Å². The molecule has 2 aromatic carbocycles.